The van der Waals surface area contributed by atoms with E-state index in [0.717, 1.165) is 18.7 Å². The van der Waals surface area contributed by atoms with Gasteiger partial charge in [0.15, 0.2) is 5.13 Å². The Bertz CT molecular complexity index is 1010. The molecule has 0 bridgehead atoms. The van der Waals surface area contributed by atoms with Crippen molar-refractivity contribution in [3.63, 3.8) is 0 Å². The van der Waals surface area contributed by atoms with E-state index in [1.165, 1.54) is 36.2 Å². The first kappa shape index (κ1) is 22.8. The first-order valence-corrected chi connectivity index (χ1v) is 12.8. The third-order valence-corrected chi connectivity index (χ3v) is 6.74. The Morgan fingerprint density at radius 3 is 2.78 bits per heavy atom. The van der Waals surface area contributed by atoms with Gasteiger partial charge in [0.2, 0.25) is 0 Å². The van der Waals surface area contributed by atoms with E-state index >= 15 is 0 Å². The predicted molar refractivity (Wildman–Crippen MR) is 130 cm³/mol. The molecule has 6 nitrogen and oxygen atoms in total. The normalized spacial score (nSPS) is 13.7. The Morgan fingerprint density at radius 1 is 1.22 bits per heavy atom. The summed E-state index contributed by atoms with van der Waals surface area (Å²) in [6, 6.07) is 8.03. The van der Waals surface area contributed by atoms with E-state index in [4.69, 9.17) is 9.47 Å². The van der Waals surface area contributed by atoms with Crippen molar-refractivity contribution in [1.29, 1.82) is 0 Å². The molecule has 32 heavy (non-hydrogen) atoms. The van der Waals surface area contributed by atoms with Crippen molar-refractivity contribution in [2.45, 2.75) is 58.2 Å². The van der Waals surface area contributed by atoms with Crippen LogP contribution in [0.2, 0.25) is 0 Å². The topological polar surface area (TPSA) is 72.5 Å². The smallest absolute Gasteiger partial charge is 0.257 e. The molecule has 8 heteroatoms. The van der Waals surface area contributed by atoms with E-state index in [-0.39, 0.29) is 12.0 Å². The Hall–Kier alpha value is -2.42. The molecule has 0 atom stereocenters. The number of ether oxygens (including phenoxy) is 2. The van der Waals surface area contributed by atoms with Crippen LogP contribution in [0.3, 0.4) is 0 Å². The fourth-order valence-electron chi connectivity index (χ4n) is 3.32. The molecule has 2 N–H and O–H groups in total. The molecule has 0 radical (unpaired) electrons. The second-order valence-corrected chi connectivity index (χ2v) is 9.83. The van der Waals surface area contributed by atoms with Crippen LogP contribution in [0, 0.1) is 0 Å². The van der Waals surface area contributed by atoms with Gasteiger partial charge in [-0.15, -0.1) is 11.3 Å². The minimum Gasteiger partial charge on any atom is -0.493 e. The maximum Gasteiger partial charge on any atom is 0.257 e. The number of benzene rings is 1. The van der Waals surface area contributed by atoms with Gasteiger partial charge < -0.3 is 14.8 Å². The molecular weight excluding hydrogens is 442 g/mol. The third kappa shape index (κ3) is 6.54. The summed E-state index contributed by atoms with van der Waals surface area (Å²) in [6.45, 7) is 5.18. The lowest BCUT2D eigenvalue weighted by atomic mass is 9.93. The lowest BCUT2D eigenvalue weighted by Crippen LogP contribution is -2.34. The van der Waals surface area contributed by atoms with Crippen LogP contribution in [0.25, 0.3) is 0 Å². The summed E-state index contributed by atoms with van der Waals surface area (Å²) < 4.78 is 11.8. The average Bonchev–Trinajstić information content (AvgIpc) is 3.38. The van der Waals surface area contributed by atoms with Crippen molar-refractivity contribution in [1.82, 2.24) is 10.3 Å². The lowest BCUT2D eigenvalue weighted by molar-refractivity contribution is 0.102. The number of aromatic nitrogens is 1. The van der Waals surface area contributed by atoms with Crippen LogP contribution in [0.15, 0.2) is 40.4 Å². The van der Waals surface area contributed by atoms with Gasteiger partial charge in [-0.3, -0.25) is 10.1 Å². The molecule has 1 aliphatic rings. The number of hydrogen-bond acceptors (Lipinski definition) is 7. The number of anilines is 1. The van der Waals surface area contributed by atoms with Crippen molar-refractivity contribution in [3.8, 4) is 11.5 Å². The summed E-state index contributed by atoms with van der Waals surface area (Å²) in [6.07, 6.45) is 4.59. The molecule has 3 aromatic rings. The van der Waals surface area contributed by atoms with Gasteiger partial charge in [0, 0.05) is 36.0 Å². The molecule has 170 valence electrons. The highest BCUT2D eigenvalue weighted by molar-refractivity contribution is 7.14. The van der Waals surface area contributed by atoms with Crippen LogP contribution >= 0.6 is 22.7 Å². The van der Waals surface area contributed by atoms with E-state index in [2.05, 4.69) is 32.4 Å². The SMILES string of the molecule is CC(C)Oc1cc(OCCc2ccsc2)cc(C(=O)Nc2nc(CNC3CCC3)cs2)c1. The van der Waals surface area contributed by atoms with Crippen molar-refractivity contribution in [3.05, 3.63) is 57.2 Å². The number of nitrogens with zero attached hydrogens (tertiary/aromatic N) is 1. The average molecular weight is 472 g/mol. The quantitative estimate of drug-likeness (QED) is 0.386. The molecule has 1 aromatic carbocycles. The maximum absolute atomic E-state index is 12.9. The number of thiophene rings is 1. The molecule has 0 spiro atoms. The van der Waals surface area contributed by atoms with Crippen molar-refractivity contribution in [2.75, 3.05) is 11.9 Å². The minimum absolute atomic E-state index is 0.00310. The van der Waals surface area contributed by atoms with Gasteiger partial charge in [-0.05, 0) is 61.2 Å². The Kier molecular flexibility index (Phi) is 7.78. The molecule has 4 rings (SSSR count). The van der Waals surface area contributed by atoms with Crippen molar-refractivity contribution in [2.24, 2.45) is 0 Å². The molecule has 0 aliphatic heterocycles. The van der Waals surface area contributed by atoms with Gasteiger partial charge in [-0.1, -0.05) is 6.42 Å². The van der Waals surface area contributed by atoms with Crippen molar-refractivity contribution < 1.29 is 14.3 Å². The number of thiazole rings is 1. The minimum atomic E-state index is -0.227. The molecule has 1 amide bonds. The molecule has 2 heterocycles. The second kappa shape index (κ2) is 10.9. The van der Waals surface area contributed by atoms with Crippen LogP contribution in [0.4, 0.5) is 5.13 Å². The van der Waals surface area contributed by atoms with Crippen LogP contribution in [0.5, 0.6) is 11.5 Å². The van der Waals surface area contributed by atoms with Crippen LogP contribution in [-0.2, 0) is 13.0 Å². The number of amides is 1. The van der Waals surface area contributed by atoms with E-state index < -0.39 is 0 Å². The first-order chi connectivity index (χ1) is 15.5. The zero-order chi connectivity index (χ0) is 22.3. The molecule has 1 fully saturated rings. The highest BCUT2D eigenvalue weighted by atomic mass is 32.1. The lowest BCUT2D eigenvalue weighted by Gasteiger charge is -2.26. The highest BCUT2D eigenvalue weighted by Gasteiger charge is 2.17. The van der Waals surface area contributed by atoms with Crippen molar-refractivity contribution >= 4 is 33.7 Å². The van der Waals surface area contributed by atoms with E-state index in [9.17, 15) is 4.79 Å². The number of carbonyl (C=O) groups excluding carboxylic acids is 1. The molecule has 0 unspecified atom stereocenters. The number of hydrogen-bond donors (Lipinski definition) is 2. The maximum atomic E-state index is 12.9. The zero-order valence-corrected chi connectivity index (χ0v) is 20.1. The predicted octanol–water partition coefficient (Wildman–Crippen LogP) is 5.51. The molecule has 0 saturated heterocycles. The van der Waals surface area contributed by atoms with E-state index in [1.54, 1.807) is 23.5 Å². The molecule has 1 saturated carbocycles. The summed E-state index contributed by atoms with van der Waals surface area (Å²) in [5, 5.41) is 13.2. The summed E-state index contributed by atoms with van der Waals surface area (Å²) in [4.78, 5) is 17.5. The van der Waals surface area contributed by atoms with E-state index in [0.29, 0.717) is 34.8 Å². The monoisotopic (exact) mass is 471 g/mol. The van der Waals surface area contributed by atoms with E-state index in [1.807, 2.05) is 25.3 Å². The fourth-order valence-corrected chi connectivity index (χ4v) is 4.73. The number of nitrogens with one attached hydrogen (secondary N) is 2. The Morgan fingerprint density at radius 2 is 2.06 bits per heavy atom. The fraction of sp³-hybridized carbons (Fsp3) is 0.417. The summed E-state index contributed by atoms with van der Waals surface area (Å²) in [7, 11) is 0. The zero-order valence-electron chi connectivity index (χ0n) is 18.4. The summed E-state index contributed by atoms with van der Waals surface area (Å²) in [5.74, 6) is 1.01. The Labute approximate surface area is 197 Å². The largest absolute Gasteiger partial charge is 0.493 e. The van der Waals surface area contributed by atoms with Gasteiger partial charge in [0.1, 0.15) is 11.5 Å². The first-order valence-electron chi connectivity index (χ1n) is 11.0. The van der Waals surface area contributed by atoms with Gasteiger partial charge in [0.25, 0.3) is 5.91 Å². The third-order valence-electron chi connectivity index (χ3n) is 5.20. The van der Waals surface area contributed by atoms with Crippen LogP contribution in [0.1, 0.15) is 54.7 Å². The van der Waals surface area contributed by atoms with Crippen LogP contribution in [-0.4, -0.2) is 29.6 Å². The van der Waals surface area contributed by atoms with Gasteiger partial charge in [0.05, 0.1) is 18.4 Å². The standard InChI is InChI=1S/C24H29N3O3S2/c1-16(2)30-22-11-18(10-21(12-22)29-8-6-17-7-9-31-14-17)23(28)27-24-26-20(15-32-24)13-25-19-4-3-5-19/h7,9-12,14-16,19,25H,3-6,8,13H2,1-2H3,(H,26,27,28). The second-order valence-electron chi connectivity index (χ2n) is 8.20. The Balaban J connectivity index is 1.39. The summed E-state index contributed by atoms with van der Waals surface area (Å²) >= 11 is 3.11. The molecule has 1 aliphatic carbocycles. The number of rotatable bonds is 11. The van der Waals surface area contributed by atoms with Gasteiger partial charge >= 0.3 is 0 Å². The van der Waals surface area contributed by atoms with Gasteiger partial charge in [-0.2, -0.15) is 11.3 Å². The number of carbonyl (C=O) groups is 1. The molecule has 2 aromatic heterocycles. The van der Waals surface area contributed by atoms with Gasteiger partial charge in [-0.25, -0.2) is 4.98 Å². The van der Waals surface area contributed by atoms with Crippen LogP contribution < -0.4 is 20.1 Å². The molecular formula is C24H29N3O3S2. The highest BCUT2D eigenvalue weighted by Crippen LogP contribution is 2.26. The summed E-state index contributed by atoms with van der Waals surface area (Å²) in [5.41, 5.74) is 2.68.